The van der Waals surface area contributed by atoms with E-state index in [1.807, 2.05) is 0 Å². The molecule has 0 spiro atoms. The first-order chi connectivity index (χ1) is 13.0. The van der Waals surface area contributed by atoms with E-state index in [2.05, 4.69) is 15.6 Å². The Morgan fingerprint density at radius 3 is 2.70 bits per heavy atom. The first kappa shape index (κ1) is 17.3. The predicted octanol–water partition coefficient (Wildman–Crippen LogP) is 2.25. The molecule has 1 aliphatic carbocycles. The molecule has 0 saturated heterocycles. The Bertz CT molecular complexity index is 1090. The van der Waals surface area contributed by atoms with Crippen molar-refractivity contribution in [2.45, 2.75) is 25.4 Å². The summed E-state index contributed by atoms with van der Waals surface area (Å²) in [5.74, 6) is -0.968. The molecule has 1 aromatic carbocycles. The Morgan fingerprint density at radius 1 is 1.26 bits per heavy atom. The minimum atomic E-state index is -0.602. The van der Waals surface area contributed by atoms with Gasteiger partial charge in [-0.15, -0.1) is 11.3 Å². The van der Waals surface area contributed by atoms with Gasteiger partial charge >= 0.3 is 6.03 Å². The number of nitrogens with zero attached hydrogens (tertiary/aromatic N) is 2. The smallest absolute Gasteiger partial charge is 0.321 e. The first-order valence-electron chi connectivity index (χ1n) is 8.34. The highest BCUT2D eigenvalue weighted by Crippen LogP contribution is 2.30. The molecule has 4 rings (SSSR count). The maximum atomic E-state index is 13.2. The molecule has 7 nitrogen and oxygen atoms in total. The Labute approximate surface area is 156 Å². The molecule has 3 aromatic rings. The number of benzene rings is 1. The summed E-state index contributed by atoms with van der Waals surface area (Å²) in [6.45, 7) is -0.321. The largest absolute Gasteiger partial charge is 0.335 e. The Kier molecular flexibility index (Phi) is 4.44. The van der Waals surface area contributed by atoms with E-state index < -0.39 is 17.5 Å². The second kappa shape index (κ2) is 6.92. The monoisotopic (exact) mass is 386 g/mol. The average Bonchev–Trinajstić information content (AvgIpc) is 3.33. The Balaban J connectivity index is 1.60. The maximum Gasteiger partial charge on any atom is 0.321 e. The molecule has 2 N–H and O–H groups in total. The fraction of sp³-hybridized carbons (Fsp3) is 0.222. The fourth-order valence-corrected chi connectivity index (χ4v) is 3.60. The molecular formula is C18H15FN4O3S. The zero-order valence-electron chi connectivity index (χ0n) is 14.1. The highest BCUT2D eigenvalue weighted by molar-refractivity contribution is 7.17. The second-order valence-corrected chi connectivity index (χ2v) is 7.17. The number of imide groups is 1. The number of nitrogens with one attached hydrogen (secondary N) is 2. The summed E-state index contributed by atoms with van der Waals surface area (Å²) in [6.07, 6.45) is 3.10. The summed E-state index contributed by atoms with van der Waals surface area (Å²) < 4.78 is 14.3. The predicted molar refractivity (Wildman–Crippen MR) is 99.0 cm³/mol. The SMILES string of the molecule is O=C(Cn1cnc2scc(-c3ccc(F)cc3)c2c1=O)NC(=O)NC1CC1. The van der Waals surface area contributed by atoms with Gasteiger partial charge in [-0.3, -0.25) is 19.5 Å². The molecule has 27 heavy (non-hydrogen) atoms. The standard InChI is InChI=1S/C18H15FN4O3S/c19-11-3-1-10(2-4-11)13-8-27-16-15(13)17(25)23(9-20-16)7-14(24)22-18(26)21-12-5-6-12/h1-4,8-9,12H,5-7H2,(H2,21,22,24,26). The minimum Gasteiger partial charge on any atom is -0.335 e. The van der Waals surface area contributed by atoms with Crippen LogP contribution in [0.15, 0.2) is 40.8 Å². The van der Waals surface area contributed by atoms with E-state index in [1.54, 1.807) is 17.5 Å². The molecule has 3 amide bonds. The molecule has 0 radical (unpaired) electrons. The molecule has 2 aromatic heterocycles. The molecular weight excluding hydrogens is 371 g/mol. The number of thiophene rings is 1. The number of aromatic nitrogens is 2. The van der Waals surface area contributed by atoms with E-state index in [9.17, 15) is 18.8 Å². The number of hydrogen-bond donors (Lipinski definition) is 2. The van der Waals surface area contributed by atoms with Gasteiger partial charge in [0, 0.05) is 17.0 Å². The van der Waals surface area contributed by atoms with Gasteiger partial charge in [-0.05, 0) is 30.5 Å². The number of amides is 3. The zero-order valence-corrected chi connectivity index (χ0v) is 14.9. The number of fused-ring (bicyclic) bond motifs is 1. The summed E-state index contributed by atoms with van der Waals surface area (Å²) in [5.41, 5.74) is 0.930. The van der Waals surface area contributed by atoms with Crippen molar-refractivity contribution in [1.29, 1.82) is 0 Å². The van der Waals surface area contributed by atoms with Crippen LogP contribution in [0.25, 0.3) is 21.3 Å². The highest BCUT2D eigenvalue weighted by atomic mass is 32.1. The third kappa shape index (κ3) is 3.72. The van der Waals surface area contributed by atoms with E-state index in [4.69, 9.17) is 0 Å². The van der Waals surface area contributed by atoms with Gasteiger partial charge in [-0.25, -0.2) is 14.2 Å². The van der Waals surface area contributed by atoms with Crippen molar-refractivity contribution in [3.05, 3.63) is 52.1 Å². The van der Waals surface area contributed by atoms with Crippen LogP contribution < -0.4 is 16.2 Å². The van der Waals surface area contributed by atoms with Gasteiger partial charge in [0.05, 0.1) is 11.7 Å². The fourth-order valence-electron chi connectivity index (χ4n) is 2.69. The first-order valence-corrected chi connectivity index (χ1v) is 9.22. The van der Waals surface area contributed by atoms with Crippen molar-refractivity contribution >= 4 is 33.5 Å². The average molecular weight is 386 g/mol. The van der Waals surface area contributed by atoms with E-state index in [-0.39, 0.29) is 18.4 Å². The summed E-state index contributed by atoms with van der Waals surface area (Å²) in [5, 5.41) is 6.99. The molecule has 1 fully saturated rings. The van der Waals surface area contributed by atoms with Gasteiger partial charge < -0.3 is 5.32 Å². The minimum absolute atomic E-state index is 0.127. The van der Waals surface area contributed by atoms with Crippen LogP contribution in [-0.2, 0) is 11.3 Å². The third-order valence-electron chi connectivity index (χ3n) is 4.20. The molecule has 138 valence electrons. The number of hydrogen-bond acceptors (Lipinski definition) is 5. The van der Waals surface area contributed by atoms with Gasteiger partial charge in [-0.2, -0.15) is 0 Å². The van der Waals surface area contributed by atoms with Crippen molar-refractivity contribution in [3.63, 3.8) is 0 Å². The molecule has 1 saturated carbocycles. The third-order valence-corrected chi connectivity index (χ3v) is 5.08. The van der Waals surface area contributed by atoms with Crippen molar-refractivity contribution in [2.75, 3.05) is 0 Å². The van der Waals surface area contributed by atoms with E-state index in [1.165, 1.54) is 29.8 Å². The number of carbonyl (C=O) groups is 2. The Morgan fingerprint density at radius 2 is 2.00 bits per heavy atom. The van der Waals surface area contributed by atoms with Crippen LogP contribution in [0.3, 0.4) is 0 Å². The van der Waals surface area contributed by atoms with Crippen LogP contribution in [-0.4, -0.2) is 27.5 Å². The summed E-state index contributed by atoms with van der Waals surface area (Å²) in [7, 11) is 0. The van der Waals surface area contributed by atoms with Crippen LogP contribution in [0.1, 0.15) is 12.8 Å². The van der Waals surface area contributed by atoms with Gasteiger partial charge in [0.2, 0.25) is 5.91 Å². The van der Waals surface area contributed by atoms with Crippen molar-refractivity contribution in [1.82, 2.24) is 20.2 Å². The molecule has 0 bridgehead atoms. The molecule has 0 atom stereocenters. The van der Waals surface area contributed by atoms with E-state index >= 15 is 0 Å². The maximum absolute atomic E-state index is 13.2. The lowest BCUT2D eigenvalue weighted by atomic mass is 10.1. The molecule has 1 aliphatic rings. The normalized spacial score (nSPS) is 13.5. The van der Waals surface area contributed by atoms with Crippen LogP contribution >= 0.6 is 11.3 Å². The van der Waals surface area contributed by atoms with Crippen LogP contribution in [0.5, 0.6) is 0 Å². The van der Waals surface area contributed by atoms with Crippen LogP contribution in [0.4, 0.5) is 9.18 Å². The number of urea groups is 1. The highest BCUT2D eigenvalue weighted by Gasteiger charge is 2.24. The molecule has 9 heteroatoms. The lowest BCUT2D eigenvalue weighted by Crippen LogP contribution is -2.42. The summed E-state index contributed by atoms with van der Waals surface area (Å²) in [6, 6.07) is 5.37. The lowest BCUT2D eigenvalue weighted by Gasteiger charge is -2.08. The summed E-state index contributed by atoms with van der Waals surface area (Å²) in [4.78, 5) is 41.3. The molecule has 0 aliphatic heterocycles. The van der Waals surface area contributed by atoms with E-state index in [0.717, 1.165) is 17.4 Å². The van der Waals surface area contributed by atoms with Crippen LogP contribution in [0, 0.1) is 5.82 Å². The number of halogens is 1. The van der Waals surface area contributed by atoms with Gasteiger partial charge in [0.15, 0.2) is 0 Å². The zero-order chi connectivity index (χ0) is 19.0. The van der Waals surface area contributed by atoms with Crippen molar-refractivity contribution in [2.24, 2.45) is 0 Å². The summed E-state index contributed by atoms with van der Waals surface area (Å²) >= 11 is 1.30. The van der Waals surface area contributed by atoms with Crippen molar-refractivity contribution < 1.29 is 14.0 Å². The quantitative estimate of drug-likeness (QED) is 0.719. The number of rotatable bonds is 4. The second-order valence-electron chi connectivity index (χ2n) is 6.31. The van der Waals surface area contributed by atoms with Gasteiger partial charge in [0.25, 0.3) is 5.56 Å². The van der Waals surface area contributed by atoms with Gasteiger partial charge in [-0.1, -0.05) is 12.1 Å². The van der Waals surface area contributed by atoms with Crippen LogP contribution in [0.2, 0.25) is 0 Å². The number of carbonyl (C=O) groups excluding carboxylic acids is 2. The topological polar surface area (TPSA) is 93.1 Å². The van der Waals surface area contributed by atoms with E-state index in [0.29, 0.717) is 21.3 Å². The Hall–Kier alpha value is -3.07. The molecule has 0 unspecified atom stereocenters. The van der Waals surface area contributed by atoms with Gasteiger partial charge in [0.1, 0.15) is 17.2 Å². The molecule has 2 heterocycles. The van der Waals surface area contributed by atoms with Crippen molar-refractivity contribution in [3.8, 4) is 11.1 Å². The lowest BCUT2D eigenvalue weighted by molar-refractivity contribution is -0.120.